The predicted octanol–water partition coefficient (Wildman–Crippen LogP) is 1.32. The average Bonchev–Trinajstić information content (AvgIpc) is 3.21. The zero-order valence-corrected chi connectivity index (χ0v) is 15.9. The van der Waals surface area contributed by atoms with Crippen molar-refractivity contribution in [3.63, 3.8) is 0 Å². The highest BCUT2D eigenvalue weighted by Gasteiger charge is 2.23. The fraction of sp³-hybridized carbons (Fsp3) is 0.579. The molecule has 0 aliphatic carbocycles. The van der Waals surface area contributed by atoms with E-state index in [2.05, 4.69) is 25.9 Å². The molecule has 27 heavy (non-hydrogen) atoms. The van der Waals surface area contributed by atoms with Gasteiger partial charge in [-0.05, 0) is 32.3 Å². The number of piperazine rings is 1. The fourth-order valence-electron chi connectivity index (χ4n) is 3.75. The average molecular weight is 369 g/mol. The summed E-state index contributed by atoms with van der Waals surface area (Å²) in [6.07, 6.45) is 7.24. The third-order valence-electron chi connectivity index (χ3n) is 5.28. The summed E-state index contributed by atoms with van der Waals surface area (Å²) in [6.45, 7) is 7.42. The Hall–Kier alpha value is -2.64. The molecule has 2 aromatic heterocycles. The molecule has 1 amide bonds. The van der Waals surface area contributed by atoms with Gasteiger partial charge in [0.25, 0.3) is 0 Å². The van der Waals surface area contributed by atoms with Crippen LogP contribution < -0.4 is 9.80 Å². The van der Waals surface area contributed by atoms with Crippen molar-refractivity contribution in [1.29, 1.82) is 0 Å². The standard InChI is InChI=1S/C19H27N7O/c1-16-14-17(22-19(21-16)25-7-3-2-4-8-25)23-10-12-24(13-11-23)18(27)15-26-9-5-6-20-26/h5-6,9,14H,2-4,7-8,10-13,15H2,1H3. The highest BCUT2D eigenvalue weighted by molar-refractivity contribution is 5.76. The molecule has 8 nitrogen and oxygen atoms in total. The SMILES string of the molecule is Cc1cc(N2CCN(C(=O)Cn3cccn3)CC2)nc(N2CCCCC2)n1. The van der Waals surface area contributed by atoms with E-state index in [1.165, 1.54) is 19.3 Å². The maximum atomic E-state index is 12.4. The van der Waals surface area contributed by atoms with E-state index in [0.717, 1.165) is 43.6 Å². The lowest BCUT2D eigenvalue weighted by Crippen LogP contribution is -2.50. The van der Waals surface area contributed by atoms with Gasteiger partial charge in [-0.2, -0.15) is 10.1 Å². The minimum Gasteiger partial charge on any atom is -0.353 e. The Balaban J connectivity index is 1.39. The Bertz CT molecular complexity index is 762. The Labute approximate surface area is 159 Å². The van der Waals surface area contributed by atoms with Crippen molar-refractivity contribution >= 4 is 17.7 Å². The van der Waals surface area contributed by atoms with Crippen LogP contribution in [0.1, 0.15) is 25.0 Å². The van der Waals surface area contributed by atoms with E-state index in [1.54, 1.807) is 10.9 Å². The number of aryl methyl sites for hydroxylation is 1. The third kappa shape index (κ3) is 4.20. The molecule has 2 fully saturated rings. The summed E-state index contributed by atoms with van der Waals surface area (Å²) in [7, 11) is 0. The second-order valence-corrected chi connectivity index (χ2v) is 7.29. The van der Waals surface area contributed by atoms with Gasteiger partial charge in [-0.15, -0.1) is 0 Å². The summed E-state index contributed by atoms with van der Waals surface area (Å²) in [5.41, 5.74) is 0.998. The van der Waals surface area contributed by atoms with E-state index < -0.39 is 0 Å². The Morgan fingerprint density at radius 2 is 1.78 bits per heavy atom. The molecule has 4 heterocycles. The van der Waals surface area contributed by atoms with Gasteiger partial charge in [-0.3, -0.25) is 9.48 Å². The zero-order chi connectivity index (χ0) is 18.6. The smallest absolute Gasteiger partial charge is 0.244 e. The summed E-state index contributed by atoms with van der Waals surface area (Å²) < 4.78 is 1.67. The van der Waals surface area contributed by atoms with Gasteiger partial charge in [-0.25, -0.2) is 4.98 Å². The topological polar surface area (TPSA) is 70.4 Å². The predicted molar refractivity (Wildman–Crippen MR) is 104 cm³/mol. The monoisotopic (exact) mass is 369 g/mol. The van der Waals surface area contributed by atoms with Crippen LogP contribution in [-0.2, 0) is 11.3 Å². The van der Waals surface area contributed by atoms with Gasteiger partial charge in [0.05, 0.1) is 0 Å². The molecule has 4 rings (SSSR count). The van der Waals surface area contributed by atoms with Crippen LogP contribution in [0.3, 0.4) is 0 Å². The van der Waals surface area contributed by atoms with Crippen LogP contribution in [0.4, 0.5) is 11.8 Å². The number of rotatable bonds is 4. The van der Waals surface area contributed by atoms with Crippen molar-refractivity contribution < 1.29 is 4.79 Å². The second kappa shape index (κ2) is 7.94. The van der Waals surface area contributed by atoms with Gasteiger partial charge in [0.1, 0.15) is 12.4 Å². The Morgan fingerprint density at radius 1 is 1.00 bits per heavy atom. The molecule has 0 N–H and O–H groups in total. The number of hydrogen-bond donors (Lipinski definition) is 0. The van der Waals surface area contributed by atoms with Gasteiger partial charge < -0.3 is 14.7 Å². The third-order valence-corrected chi connectivity index (χ3v) is 5.28. The number of carbonyl (C=O) groups is 1. The van der Waals surface area contributed by atoms with Crippen LogP contribution in [0, 0.1) is 6.92 Å². The second-order valence-electron chi connectivity index (χ2n) is 7.29. The Kier molecular flexibility index (Phi) is 5.22. The van der Waals surface area contributed by atoms with Crippen molar-refractivity contribution in [2.24, 2.45) is 0 Å². The summed E-state index contributed by atoms with van der Waals surface area (Å²) >= 11 is 0. The van der Waals surface area contributed by atoms with Gasteiger partial charge in [0, 0.05) is 63.4 Å². The normalized spacial score (nSPS) is 18.0. The van der Waals surface area contributed by atoms with Gasteiger partial charge >= 0.3 is 0 Å². The summed E-state index contributed by atoms with van der Waals surface area (Å²) in [4.78, 5) is 28.4. The van der Waals surface area contributed by atoms with Crippen LogP contribution in [0.2, 0.25) is 0 Å². The molecule has 0 saturated carbocycles. The van der Waals surface area contributed by atoms with Crippen LogP contribution in [0.25, 0.3) is 0 Å². The maximum Gasteiger partial charge on any atom is 0.244 e. The molecule has 8 heteroatoms. The summed E-state index contributed by atoms with van der Waals surface area (Å²) in [6, 6.07) is 3.89. The lowest BCUT2D eigenvalue weighted by Gasteiger charge is -2.36. The van der Waals surface area contributed by atoms with E-state index in [-0.39, 0.29) is 5.91 Å². The van der Waals surface area contributed by atoms with E-state index in [1.807, 2.05) is 24.1 Å². The molecular formula is C19H27N7O. The molecule has 144 valence electrons. The molecule has 2 aliphatic rings. The molecule has 0 bridgehead atoms. The number of nitrogens with zero attached hydrogens (tertiary/aromatic N) is 7. The van der Waals surface area contributed by atoms with Crippen LogP contribution >= 0.6 is 0 Å². The molecule has 0 aromatic carbocycles. The molecule has 2 aliphatic heterocycles. The van der Waals surface area contributed by atoms with Gasteiger partial charge in [-0.1, -0.05) is 0 Å². The van der Waals surface area contributed by atoms with Gasteiger partial charge in [0.15, 0.2) is 0 Å². The lowest BCUT2D eigenvalue weighted by atomic mass is 10.1. The molecular weight excluding hydrogens is 342 g/mol. The van der Waals surface area contributed by atoms with E-state index in [0.29, 0.717) is 19.6 Å². The highest BCUT2D eigenvalue weighted by Crippen LogP contribution is 2.21. The van der Waals surface area contributed by atoms with E-state index >= 15 is 0 Å². The van der Waals surface area contributed by atoms with Crippen molar-refractivity contribution in [1.82, 2.24) is 24.6 Å². The summed E-state index contributed by atoms with van der Waals surface area (Å²) in [5, 5.41) is 4.11. The summed E-state index contributed by atoms with van der Waals surface area (Å²) in [5.74, 6) is 1.94. The van der Waals surface area contributed by atoms with E-state index in [4.69, 9.17) is 4.98 Å². The van der Waals surface area contributed by atoms with Crippen molar-refractivity contribution in [3.8, 4) is 0 Å². The minimum atomic E-state index is 0.117. The minimum absolute atomic E-state index is 0.117. The maximum absolute atomic E-state index is 12.4. The number of amides is 1. The first-order valence-electron chi connectivity index (χ1n) is 9.80. The van der Waals surface area contributed by atoms with Gasteiger partial charge in [0.2, 0.25) is 11.9 Å². The van der Waals surface area contributed by atoms with Crippen LogP contribution in [0.5, 0.6) is 0 Å². The first-order chi connectivity index (χ1) is 13.2. The molecule has 0 atom stereocenters. The first-order valence-corrected chi connectivity index (χ1v) is 9.80. The lowest BCUT2D eigenvalue weighted by molar-refractivity contribution is -0.132. The van der Waals surface area contributed by atoms with Crippen LogP contribution in [0.15, 0.2) is 24.5 Å². The largest absolute Gasteiger partial charge is 0.353 e. The number of carbonyl (C=O) groups excluding carboxylic acids is 1. The molecule has 0 unspecified atom stereocenters. The quantitative estimate of drug-likeness (QED) is 0.810. The molecule has 0 spiro atoms. The molecule has 2 aromatic rings. The number of aromatic nitrogens is 4. The van der Waals surface area contributed by atoms with Crippen molar-refractivity contribution in [2.75, 3.05) is 49.1 Å². The number of hydrogen-bond acceptors (Lipinski definition) is 6. The van der Waals surface area contributed by atoms with E-state index in [9.17, 15) is 4.79 Å². The zero-order valence-electron chi connectivity index (χ0n) is 15.9. The molecule has 2 saturated heterocycles. The fourth-order valence-corrected chi connectivity index (χ4v) is 3.75. The highest BCUT2D eigenvalue weighted by atomic mass is 16.2. The van der Waals surface area contributed by atoms with Crippen molar-refractivity contribution in [2.45, 2.75) is 32.7 Å². The Morgan fingerprint density at radius 3 is 2.48 bits per heavy atom. The number of anilines is 2. The molecule has 0 radical (unpaired) electrons. The first kappa shape index (κ1) is 17.8. The van der Waals surface area contributed by atoms with Crippen LogP contribution in [-0.4, -0.2) is 69.8 Å². The number of piperidine rings is 1. The van der Waals surface area contributed by atoms with Crippen molar-refractivity contribution in [3.05, 3.63) is 30.2 Å².